The van der Waals surface area contributed by atoms with Gasteiger partial charge in [0.05, 0.1) is 30.7 Å². The van der Waals surface area contributed by atoms with Crippen LogP contribution in [0.25, 0.3) is 11.0 Å². The summed E-state index contributed by atoms with van der Waals surface area (Å²) in [4.78, 5) is 40.3. The Balaban J connectivity index is 1.51. The molecule has 1 atom stereocenters. The fourth-order valence-electron chi connectivity index (χ4n) is 4.03. The Labute approximate surface area is 185 Å². The number of hydrogen-bond acceptors (Lipinski definition) is 5. The lowest BCUT2D eigenvalue weighted by Gasteiger charge is -2.30. The summed E-state index contributed by atoms with van der Waals surface area (Å²) < 4.78 is 14.3. The molecule has 2 heterocycles. The number of nitrogens with zero attached hydrogens (tertiary/aromatic N) is 3. The summed E-state index contributed by atoms with van der Waals surface area (Å²) in [6.07, 6.45) is -1.03. The summed E-state index contributed by atoms with van der Waals surface area (Å²) in [5.41, 5.74) is 2.07. The van der Waals surface area contributed by atoms with E-state index in [1.807, 2.05) is 49.4 Å². The smallest absolute Gasteiger partial charge is 0.329 e. The Kier molecular flexibility index (Phi) is 6.70. The summed E-state index contributed by atoms with van der Waals surface area (Å²) in [7, 11) is 0. The first-order valence-electron chi connectivity index (χ1n) is 10.9. The van der Waals surface area contributed by atoms with Crippen LogP contribution in [0.3, 0.4) is 0 Å². The normalized spacial score (nSPS) is 15.0. The first-order chi connectivity index (χ1) is 15.6. The largest absolute Gasteiger partial charge is 0.447 e. The van der Waals surface area contributed by atoms with E-state index in [-0.39, 0.29) is 24.6 Å². The highest BCUT2D eigenvalue weighted by atomic mass is 16.5. The third-order valence-corrected chi connectivity index (χ3v) is 5.68. The highest BCUT2D eigenvalue weighted by Crippen LogP contribution is 2.22. The fourth-order valence-corrected chi connectivity index (χ4v) is 4.03. The molecule has 0 aliphatic carbocycles. The minimum Gasteiger partial charge on any atom is -0.447 e. The molecule has 1 fully saturated rings. The lowest BCUT2D eigenvalue weighted by atomic mass is 10.1. The zero-order chi connectivity index (χ0) is 22.5. The summed E-state index contributed by atoms with van der Waals surface area (Å²) in [6, 6.07) is 16.5. The average molecular weight is 437 g/mol. The fraction of sp³-hybridized carbons (Fsp3) is 0.375. The van der Waals surface area contributed by atoms with Crippen LogP contribution in [-0.2, 0) is 32.2 Å². The topological polar surface area (TPSA) is 82.8 Å². The van der Waals surface area contributed by atoms with Crippen LogP contribution in [0.15, 0.2) is 59.4 Å². The third-order valence-electron chi connectivity index (χ3n) is 5.68. The van der Waals surface area contributed by atoms with Crippen molar-refractivity contribution < 1.29 is 19.1 Å². The maximum absolute atomic E-state index is 13.1. The van der Waals surface area contributed by atoms with Crippen molar-refractivity contribution in [1.29, 1.82) is 0 Å². The van der Waals surface area contributed by atoms with Crippen molar-refractivity contribution in [2.24, 2.45) is 0 Å². The number of para-hydroxylation sites is 2. The number of benzene rings is 2. The molecule has 8 nitrogen and oxygen atoms in total. The van der Waals surface area contributed by atoms with Gasteiger partial charge in [0.1, 0.15) is 0 Å². The first kappa shape index (κ1) is 21.8. The number of esters is 1. The van der Waals surface area contributed by atoms with Crippen LogP contribution in [0.1, 0.15) is 25.0 Å². The molecule has 4 rings (SSSR count). The predicted octanol–water partition coefficient (Wildman–Crippen LogP) is 2.36. The zero-order valence-corrected chi connectivity index (χ0v) is 18.1. The second-order valence-corrected chi connectivity index (χ2v) is 7.64. The minimum atomic E-state index is -1.02. The second-order valence-electron chi connectivity index (χ2n) is 7.64. The van der Waals surface area contributed by atoms with Gasteiger partial charge in [-0.05, 0) is 19.1 Å². The molecule has 0 bridgehead atoms. The molecule has 32 heavy (non-hydrogen) atoms. The number of rotatable bonds is 7. The maximum Gasteiger partial charge on any atom is 0.329 e. The number of hydrogen-bond donors (Lipinski definition) is 0. The van der Waals surface area contributed by atoms with Crippen LogP contribution in [0.4, 0.5) is 0 Å². The molecule has 0 saturated carbocycles. The number of fused-ring (bicyclic) bond motifs is 1. The Morgan fingerprint density at radius 2 is 1.59 bits per heavy atom. The van der Waals surface area contributed by atoms with Crippen LogP contribution < -0.4 is 5.69 Å². The van der Waals surface area contributed by atoms with E-state index in [0.717, 1.165) is 11.0 Å². The van der Waals surface area contributed by atoms with Crippen LogP contribution >= 0.6 is 0 Å². The van der Waals surface area contributed by atoms with Gasteiger partial charge in [0, 0.05) is 31.7 Å². The number of aryl methyl sites for hydroxylation is 2. The van der Waals surface area contributed by atoms with Gasteiger partial charge in [0.25, 0.3) is 5.91 Å². The molecule has 1 aliphatic rings. The van der Waals surface area contributed by atoms with Gasteiger partial charge in [-0.25, -0.2) is 4.79 Å². The van der Waals surface area contributed by atoms with Crippen molar-refractivity contribution in [2.75, 3.05) is 26.3 Å². The molecule has 8 heteroatoms. The van der Waals surface area contributed by atoms with E-state index < -0.39 is 12.1 Å². The van der Waals surface area contributed by atoms with Crippen molar-refractivity contribution in [3.8, 4) is 0 Å². The highest BCUT2D eigenvalue weighted by Gasteiger charge is 2.30. The predicted molar refractivity (Wildman–Crippen MR) is 119 cm³/mol. The monoisotopic (exact) mass is 437 g/mol. The van der Waals surface area contributed by atoms with Crippen molar-refractivity contribution in [3.63, 3.8) is 0 Å². The van der Waals surface area contributed by atoms with Gasteiger partial charge in [0.2, 0.25) is 6.10 Å². The molecule has 1 aromatic heterocycles. The van der Waals surface area contributed by atoms with Crippen molar-refractivity contribution in [3.05, 3.63) is 70.6 Å². The third kappa shape index (κ3) is 4.45. The van der Waals surface area contributed by atoms with Crippen LogP contribution in [0.5, 0.6) is 0 Å². The SMILES string of the molecule is CCn1c(=O)n(CCC(=O)O[C@@H](C(=O)N2CCOCC2)c2ccccc2)c2ccccc21. The summed E-state index contributed by atoms with van der Waals surface area (Å²) in [5, 5.41) is 0. The van der Waals surface area contributed by atoms with E-state index in [0.29, 0.717) is 38.4 Å². The minimum absolute atomic E-state index is 0.0165. The van der Waals surface area contributed by atoms with E-state index in [9.17, 15) is 14.4 Å². The molecule has 3 aromatic rings. The van der Waals surface area contributed by atoms with Gasteiger partial charge in [0.15, 0.2) is 0 Å². The molecule has 1 aliphatic heterocycles. The number of carbonyl (C=O) groups is 2. The Morgan fingerprint density at radius 3 is 2.25 bits per heavy atom. The maximum atomic E-state index is 13.1. The molecule has 0 radical (unpaired) electrons. The summed E-state index contributed by atoms with van der Waals surface area (Å²) >= 11 is 0. The van der Waals surface area contributed by atoms with E-state index in [1.54, 1.807) is 26.2 Å². The molecule has 1 saturated heterocycles. The van der Waals surface area contributed by atoms with Gasteiger partial charge in [-0.2, -0.15) is 0 Å². The second kappa shape index (κ2) is 9.82. The average Bonchev–Trinajstić information content (AvgIpc) is 3.12. The molecular formula is C24H27N3O5. The van der Waals surface area contributed by atoms with Crippen LogP contribution in [-0.4, -0.2) is 52.2 Å². The Morgan fingerprint density at radius 1 is 0.969 bits per heavy atom. The number of imidazole rings is 1. The molecule has 0 N–H and O–H groups in total. The number of morpholine rings is 1. The molecule has 168 valence electrons. The van der Waals surface area contributed by atoms with Gasteiger partial charge in [-0.1, -0.05) is 42.5 Å². The van der Waals surface area contributed by atoms with Crippen LogP contribution in [0, 0.1) is 0 Å². The molecular weight excluding hydrogens is 410 g/mol. The standard InChI is InChI=1S/C24H27N3O5/c1-2-26-19-10-6-7-11-20(19)27(24(26)30)13-12-21(28)32-22(18-8-4-3-5-9-18)23(29)25-14-16-31-17-15-25/h3-11,22H,2,12-17H2,1H3/t22-/m1/s1. The van der Waals surface area contributed by atoms with E-state index in [4.69, 9.17) is 9.47 Å². The van der Waals surface area contributed by atoms with Gasteiger partial charge >= 0.3 is 11.7 Å². The lowest BCUT2D eigenvalue weighted by molar-refractivity contribution is -0.163. The van der Waals surface area contributed by atoms with Crippen molar-refractivity contribution >= 4 is 22.9 Å². The van der Waals surface area contributed by atoms with Gasteiger partial charge in [-0.15, -0.1) is 0 Å². The quantitative estimate of drug-likeness (QED) is 0.530. The van der Waals surface area contributed by atoms with Crippen molar-refractivity contribution in [1.82, 2.24) is 14.0 Å². The van der Waals surface area contributed by atoms with E-state index >= 15 is 0 Å². The number of carbonyl (C=O) groups excluding carboxylic acids is 2. The van der Waals surface area contributed by atoms with E-state index in [1.165, 1.54) is 0 Å². The molecule has 0 spiro atoms. The van der Waals surface area contributed by atoms with Crippen molar-refractivity contribution in [2.45, 2.75) is 32.5 Å². The molecule has 2 aromatic carbocycles. The molecule has 1 amide bonds. The molecule has 0 unspecified atom stereocenters. The summed E-state index contributed by atoms with van der Waals surface area (Å²) in [6.45, 7) is 4.49. The number of amides is 1. The summed E-state index contributed by atoms with van der Waals surface area (Å²) in [5.74, 6) is -0.784. The number of aromatic nitrogens is 2. The number of ether oxygens (including phenoxy) is 2. The Hall–Kier alpha value is -3.39. The highest BCUT2D eigenvalue weighted by molar-refractivity contribution is 5.85. The zero-order valence-electron chi connectivity index (χ0n) is 18.1. The van der Waals surface area contributed by atoms with Crippen LogP contribution in [0.2, 0.25) is 0 Å². The van der Waals surface area contributed by atoms with Gasteiger partial charge in [-0.3, -0.25) is 18.7 Å². The van der Waals surface area contributed by atoms with Gasteiger partial charge < -0.3 is 14.4 Å². The Bertz CT molecular complexity index is 1150. The lowest BCUT2D eigenvalue weighted by Crippen LogP contribution is -2.44. The first-order valence-corrected chi connectivity index (χ1v) is 10.9. The van der Waals surface area contributed by atoms with E-state index in [2.05, 4.69) is 0 Å².